The predicted octanol–water partition coefficient (Wildman–Crippen LogP) is 1.47. The van der Waals surface area contributed by atoms with Gasteiger partial charge in [-0.1, -0.05) is 30.3 Å². The number of primary amides is 1. The number of halogens is 1. The Labute approximate surface area is 144 Å². The normalized spacial score (nSPS) is 12.4. The second-order valence-corrected chi connectivity index (χ2v) is 5.40. The summed E-state index contributed by atoms with van der Waals surface area (Å²) in [6.45, 7) is -0.822. The quantitative estimate of drug-likeness (QED) is 0.523. The lowest BCUT2D eigenvalue weighted by Crippen LogP contribution is -2.45. The summed E-state index contributed by atoms with van der Waals surface area (Å²) in [5, 5.41) is 2.63. The molecule has 2 rings (SSSR count). The molecule has 0 bridgehead atoms. The van der Waals surface area contributed by atoms with E-state index in [-0.39, 0.29) is 18.2 Å². The minimum atomic E-state index is -0.849. The number of alkyl halides is 1. The van der Waals surface area contributed by atoms with E-state index in [0.717, 1.165) is 5.56 Å². The van der Waals surface area contributed by atoms with Crippen LogP contribution in [0, 0.1) is 0 Å². The van der Waals surface area contributed by atoms with Crippen molar-refractivity contribution >= 4 is 23.3 Å². The van der Waals surface area contributed by atoms with Gasteiger partial charge in [0, 0.05) is 12.0 Å². The fourth-order valence-corrected chi connectivity index (χ4v) is 2.19. The lowest BCUT2D eigenvalue weighted by molar-refractivity contribution is -0.119. The summed E-state index contributed by atoms with van der Waals surface area (Å²) in [4.78, 5) is 27.7. The molecule has 0 aliphatic rings. The number of nitrogens with one attached hydrogen (secondary N) is 1. The second-order valence-electron chi connectivity index (χ2n) is 5.40. The van der Waals surface area contributed by atoms with Gasteiger partial charge in [0.25, 0.3) is 5.91 Å². The van der Waals surface area contributed by atoms with Crippen molar-refractivity contribution in [3.63, 3.8) is 0 Å². The van der Waals surface area contributed by atoms with E-state index in [4.69, 9.17) is 11.5 Å². The first-order chi connectivity index (χ1) is 12.0. The zero-order valence-electron chi connectivity index (χ0n) is 13.5. The molecule has 0 aromatic heterocycles. The van der Waals surface area contributed by atoms with Crippen LogP contribution in [0.1, 0.15) is 15.9 Å². The third kappa shape index (κ3) is 5.42. The molecule has 2 aromatic rings. The molecular formula is C18H19FN4O2. The molecule has 5 N–H and O–H groups in total. The highest BCUT2D eigenvalue weighted by Crippen LogP contribution is 2.14. The van der Waals surface area contributed by atoms with Gasteiger partial charge in [-0.25, -0.2) is 9.38 Å². The van der Waals surface area contributed by atoms with Gasteiger partial charge in [-0.3, -0.25) is 9.59 Å². The average molecular weight is 342 g/mol. The molecule has 2 amide bonds. The summed E-state index contributed by atoms with van der Waals surface area (Å²) in [6.07, 6.45) is 0.233. The van der Waals surface area contributed by atoms with Crippen molar-refractivity contribution in [2.75, 3.05) is 6.67 Å². The summed E-state index contributed by atoms with van der Waals surface area (Å²) in [7, 11) is 0. The van der Waals surface area contributed by atoms with Crippen molar-refractivity contribution in [1.29, 1.82) is 0 Å². The van der Waals surface area contributed by atoms with E-state index in [0.29, 0.717) is 11.3 Å². The number of amidine groups is 1. The van der Waals surface area contributed by atoms with Crippen molar-refractivity contribution in [3.05, 3.63) is 65.7 Å². The van der Waals surface area contributed by atoms with Crippen LogP contribution in [-0.4, -0.2) is 30.4 Å². The fraction of sp³-hybridized carbons (Fsp3) is 0.167. The van der Waals surface area contributed by atoms with Crippen molar-refractivity contribution in [3.8, 4) is 0 Å². The first-order valence-electron chi connectivity index (χ1n) is 7.62. The molecular weight excluding hydrogens is 323 g/mol. The van der Waals surface area contributed by atoms with Crippen molar-refractivity contribution in [2.45, 2.75) is 12.5 Å². The molecule has 0 spiro atoms. The molecule has 0 fully saturated rings. The molecule has 7 heteroatoms. The Hall–Kier alpha value is -3.22. The molecule has 0 aliphatic heterocycles. The fourth-order valence-electron chi connectivity index (χ4n) is 2.19. The number of carbonyl (C=O) groups is 2. The topological polar surface area (TPSA) is 111 Å². The first-order valence-corrected chi connectivity index (χ1v) is 7.62. The Bertz CT molecular complexity index is 760. The van der Waals surface area contributed by atoms with Gasteiger partial charge in [-0.15, -0.1) is 0 Å². The lowest BCUT2D eigenvalue weighted by Gasteiger charge is -2.15. The zero-order valence-corrected chi connectivity index (χ0v) is 13.5. The van der Waals surface area contributed by atoms with Gasteiger partial charge in [-0.2, -0.15) is 0 Å². The lowest BCUT2D eigenvalue weighted by atomic mass is 10.0. The number of aliphatic imine (C=N–C) groups is 1. The van der Waals surface area contributed by atoms with Gasteiger partial charge in [0.1, 0.15) is 18.6 Å². The highest BCUT2D eigenvalue weighted by molar-refractivity contribution is 5.97. The molecule has 0 radical (unpaired) electrons. The van der Waals surface area contributed by atoms with E-state index in [1.54, 1.807) is 54.6 Å². The van der Waals surface area contributed by atoms with Crippen LogP contribution in [0.3, 0.4) is 0 Å². The van der Waals surface area contributed by atoms with Crippen LogP contribution in [0.25, 0.3) is 0 Å². The molecule has 2 aromatic carbocycles. The third-order valence-corrected chi connectivity index (χ3v) is 3.47. The van der Waals surface area contributed by atoms with E-state index >= 15 is 0 Å². The van der Waals surface area contributed by atoms with Crippen LogP contribution in [0.2, 0.25) is 0 Å². The highest BCUT2D eigenvalue weighted by Gasteiger charge is 2.19. The highest BCUT2D eigenvalue weighted by atomic mass is 19.1. The van der Waals surface area contributed by atoms with Crippen LogP contribution in [0.5, 0.6) is 0 Å². The summed E-state index contributed by atoms with van der Waals surface area (Å²) in [5.41, 5.74) is 12.5. The SMILES string of the molecule is NC(=O)[C@H](Cc1ccc(N=C(N)CF)cc1)NC(=O)c1ccccc1. The van der Waals surface area contributed by atoms with Crippen LogP contribution in [0.4, 0.5) is 10.1 Å². The number of nitrogens with zero attached hydrogens (tertiary/aromatic N) is 1. The Balaban J connectivity index is 2.06. The number of amides is 2. The summed E-state index contributed by atoms with van der Waals surface area (Å²) < 4.78 is 12.3. The van der Waals surface area contributed by atoms with Gasteiger partial charge in [-0.05, 0) is 29.8 Å². The number of hydrogen-bond acceptors (Lipinski definition) is 3. The Morgan fingerprint density at radius 1 is 1.04 bits per heavy atom. The summed E-state index contributed by atoms with van der Waals surface area (Å²) >= 11 is 0. The maximum Gasteiger partial charge on any atom is 0.251 e. The van der Waals surface area contributed by atoms with Crippen molar-refractivity contribution < 1.29 is 14.0 Å². The minimum absolute atomic E-state index is 0.113. The van der Waals surface area contributed by atoms with E-state index in [1.165, 1.54) is 0 Å². The van der Waals surface area contributed by atoms with E-state index < -0.39 is 18.6 Å². The largest absolute Gasteiger partial charge is 0.385 e. The predicted molar refractivity (Wildman–Crippen MR) is 94.3 cm³/mol. The Kier molecular flexibility index (Phi) is 6.22. The smallest absolute Gasteiger partial charge is 0.251 e. The van der Waals surface area contributed by atoms with E-state index in [1.807, 2.05) is 0 Å². The molecule has 0 saturated carbocycles. The molecule has 0 aliphatic carbocycles. The van der Waals surface area contributed by atoms with Crippen LogP contribution in [-0.2, 0) is 11.2 Å². The third-order valence-electron chi connectivity index (χ3n) is 3.47. The first kappa shape index (κ1) is 18.1. The maximum absolute atomic E-state index is 12.3. The average Bonchev–Trinajstić information content (AvgIpc) is 2.63. The van der Waals surface area contributed by atoms with Gasteiger partial charge in [0.05, 0.1) is 5.69 Å². The standard InChI is InChI=1S/C18H19FN4O2/c19-11-16(20)22-14-8-6-12(7-9-14)10-15(17(21)24)23-18(25)13-4-2-1-3-5-13/h1-9,15H,10-11H2,(H2,20,22)(H2,21,24)(H,23,25)/t15-/m0/s1. The Morgan fingerprint density at radius 2 is 1.68 bits per heavy atom. The van der Waals surface area contributed by atoms with Crippen LogP contribution in [0.15, 0.2) is 59.6 Å². The molecule has 0 saturated heterocycles. The van der Waals surface area contributed by atoms with E-state index in [2.05, 4.69) is 10.3 Å². The maximum atomic E-state index is 12.3. The van der Waals surface area contributed by atoms with Gasteiger partial charge in [0.2, 0.25) is 5.91 Å². The van der Waals surface area contributed by atoms with Crippen LogP contribution >= 0.6 is 0 Å². The second kappa shape index (κ2) is 8.58. The van der Waals surface area contributed by atoms with Gasteiger partial charge >= 0.3 is 0 Å². The van der Waals surface area contributed by atoms with Gasteiger partial charge in [0.15, 0.2) is 0 Å². The molecule has 1 atom stereocenters. The molecule has 0 heterocycles. The van der Waals surface area contributed by atoms with E-state index in [9.17, 15) is 14.0 Å². The molecule has 6 nitrogen and oxygen atoms in total. The summed E-state index contributed by atoms with van der Waals surface area (Å²) in [6, 6.07) is 14.4. The molecule has 25 heavy (non-hydrogen) atoms. The number of carbonyl (C=O) groups excluding carboxylic acids is 2. The zero-order chi connectivity index (χ0) is 18.2. The monoisotopic (exact) mass is 342 g/mol. The number of benzene rings is 2. The van der Waals surface area contributed by atoms with Crippen LogP contribution < -0.4 is 16.8 Å². The number of nitrogens with two attached hydrogens (primary N) is 2. The van der Waals surface area contributed by atoms with Gasteiger partial charge < -0.3 is 16.8 Å². The molecule has 130 valence electrons. The number of rotatable bonds is 7. The molecule has 0 unspecified atom stereocenters. The van der Waals surface area contributed by atoms with Crippen molar-refractivity contribution in [1.82, 2.24) is 5.32 Å². The Morgan fingerprint density at radius 3 is 2.24 bits per heavy atom. The van der Waals surface area contributed by atoms with Crippen molar-refractivity contribution in [2.24, 2.45) is 16.5 Å². The number of hydrogen-bond donors (Lipinski definition) is 3. The summed E-state index contributed by atoms with van der Waals surface area (Å²) in [5.74, 6) is -1.12. The minimum Gasteiger partial charge on any atom is -0.385 e.